The van der Waals surface area contributed by atoms with Gasteiger partial charge in [-0.2, -0.15) is 0 Å². The second-order valence-electron chi connectivity index (χ2n) is 6.41. The molecule has 2 heterocycles. The van der Waals surface area contributed by atoms with Crippen molar-refractivity contribution in [3.8, 4) is 5.69 Å². The van der Waals surface area contributed by atoms with Gasteiger partial charge in [-0.25, -0.2) is 0 Å². The maximum Gasteiger partial charge on any atom is 0.318 e. The highest BCUT2D eigenvalue weighted by Gasteiger charge is 2.32. The number of benzene rings is 2. The van der Waals surface area contributed by atoms with Gasteiger partial charge >= 0.3 is 5.97 Å². The summed E-state index contributed by atoms with van der Waals surface area (Å²) in [5.41, 5.74) is 4.64. The van der Waals surface area contributed by atoms with Crippen molar-refractivity contribution < 1.29 is 9.90 Å². The molecule has 1 saturated heterocycles. The Morgan fingerprint density at radius 2 is 1.96 bits per heavy atom. The van der Waals surface area contributed by atoms with Crippen LogP contribution in [0.25, 0.3) is 16.5 Å². The van der Waals surface area contributed by atoms with Crippen molar-refractivity contribution >= 4 is 28.5 Å². The zero-order valence-electron chi connectivity index (χ0n) is 14.2. The second-order valence-corrected chi connectivity index (χ2v) is 7.72. The highest BCUT2D eigenvalue weighted by Crippen LogP contribution is 2.39. The molecule has 0 radical (unpaired) electrons. The molecule has 1 aliphatic rings. The van der Waals surface area contributed by atoms with Crippen LogP contribution in [0.3, 0.4) is 0 Å². The Balaban J connectivity index is 1.80. The number of carbonyl (C=O) groups is 1. The first-order chi connectivity index (χ1) is 12.1. The van der Waals surface area contributed by atoms with Crippen molar-refractivity contribution in [3.63, 3.8) is 0 Å². The Bertz CT molecular complexity index is 958. The average Bonchev–Trinajstić information content (AvgIpc) is 3.20. The summed E-state index contributed by atoms with van der Waals surface area (Å²) in [6.07, 6.45) is 0. The van der Waals surface area contributed by atoms with E-state index in [1.165, 1.54) is 28.1 Å². The topological polar surface area (TPSA) is 54.3 Å². The molecule has 4 nitrogen and oxygen atoms in total. The SMILES string of the molecule is Cc1cc([C@@H]2NC[C@@H](C(=O)O)S2)c(C)n1-c1cccc2ccccc12. The molecule has 0 amide bonds. The molecule has 0 saturated carbocycles. The van der Waals surface area contributed by atoms with Crippen LogP contribution in [0.4, 0.5) is 0 Å². The first kappa shape index (κ1) is 16.2. The lowest BCUT2D eigenvalue weighted by molar-refractivity contribution is -0.136. The van der Waals surface area contributed by atoms with Gasteiger partial charge in [0.2, 0.25) is 0 Å². The van der Waals surface area contributed by atoms with Crippen LogP contribution < -0.4 is 5.32 Å². The van der Waals surface area contributed by atoms with Crippen LogP contribution in [0.15, 0.2) is 48.5 Å². The maximum atomic E-state index is 11.2. The van der Waals surface area contributed by atoms with Crippen molar-refractivity contribution in [1.82, 2.24) is 9.88 Å². The molecule has 2 atom stereocenters. The van der Waals surface area contributed by atoms with Crippen LogP contribution in [0.2, 0.25) is 0 Å². The molecule has 128 valence electrons. The highest BCUT2D eigenvalue weighted by molar-refractivity contribution is 8.01. The van der Waals surface area contributed by atoms with Crippen molar-refractivity contribution in [1.29, 1.82) is 0 Å². The molecule has 0 spiro atoms. The number of rotatable bonds is 3. The lowest BCUT2D eigenvalue weighted by Gasteiger charge is -2.15. The molecule has 1 aromatic heterocycles. The maximum absolute atomic E-state index is 11.2. The van der Waals surface area contributed by atoms with E-state index in [9.17, 15) is 9.90 Å². The number of carboxylic acid groups (broad SMARTS) is 1. The summed E-state index contributed by atoms with van der Waals surface area (Å²) in [5, 5.41) is 14.7. The van der Waals surface area contributed by atoms with Gasteiger partial charge in [-0.15, -0.1) is 11.8 Å². The smallest absolute Gasteiger partial charge is 0.318 e. The average molecular weight is 352 g/mol. The molecule has 2 N–H and O–H groups in total. The molecule has 0 bridgehead atoms. The summed E-state index contributed by atoms with van der Waals surface area (Å²) in [7, 11) is 0. The minimum absolute atomic E-state index is 0.0241. The van der Waals surface area contributed by atoms with E-state index in [0.29, 0.717) is 6.54 Å². The monoisotopic (exact) mass is 352 g/mol. The molecule has 5 heteroatoms. The van der Waals surface area contributed by atoms with Gasteiger partial charge in [-0.05, 0) is 31.4 Å². The molecular weight excluding hydrogens is 332 g/mol. The van der Waals surface area contributed by atoms with E-state index in [4.69, 9.17) is 0 Å². The van der Waals surface area contributed by atoms with Gasteiger partial charge in [0.15, 0.2) is 0 Å². The molecule has 2 aromatic carbocycles. The summed E-state index contributed by atoms with van der Waals surface area (Å²) in [6, 6.07) is 16.9. The predicted molar refractivity (Wildman–Crippen MR) is 103 cm³/mol. The van der Waals surface area contributed by atoms with E-state index in [0.717, 1.165) is 17.1 Å². The molecule has 1 aliphatic heterocycles. The van der Waals surface area contributed by atoms with Gasteiger partial charge in [-0.1, -0.05) is 36.4 Å². The van der Waals surface area contributed by atoms with Crippen LogP contribution in [-0.4, -0.2) is 27.4 Å². The fraction of sp³-hybridized carbons (Fsp3) is 0.250. The first-order valence-electron chi connectivity index (χ1n) is 8.35. The van der Waals surface area contributed by atoms with Crippen LogP contribution >= 0.6 is 11.8 Å². The summed E-state index contributed by atoms with van der Waals surface area (Å²) in [6.45, 7) is 4.72. The van der Waals surface area contributed by atoms with Gasteiger partial charge in [0.05, 0.1) is 11.1 Å². The molecular formula is C20H20N2O2S. The van der Waals surface area contributed by atoms with Crippen molar-refractivity contribution in [3.05, 3.63) is 65.5 Å². The van der Waals surface area contributed by atoms with Crippen molar-refractivity contribution in [2.24, 2.45) is 0 Å². The van der Waals surface area contributed by atoms with Gasteiger partial charge < -0.3 is 9.67 Å². The number of aryl methyl sites for hydroxylation is 1. The summed E-state index contributed by atoms with van der Waals surface area (Å²) < 4.78 is 2.27. The lowest BCUT2D eigenvalue weighted by atomic mass is 10.1. The molecule has 0 unspecified atom stereocenters. The lowest BCUT2D eigenvalue weighted by Crippen LogP contribution is -2.21. The van der Waals surface area contributed by atoms with Crippen molar-refractivity contribution in [2.75, 3.05) is 6.54 Å². The zero-order valence-corrected chi connectivity index (χ0v) is 15.0. The van der Waals surface area contributed by atoms with E-state index >= 15 is 0 Å². The predicted octanol–water partition coefficient (Wildman–Crippen LogP) is 4.04. The Morgan fingerprint density at radius 3 is 2.72 bits per heavy atom. The van der Waals surface area contributed by atoms with Gasteiger partial charge in [0.1, 0.15) is 5.25 Å². The fourth-order valence-electron chi connectivity index (χ4n) is 3.63. The number of thioether (sulfide) groups is 1. The van der Waals surface area contributed by atoms with Crippen LogP contribution in [0.1, 0.15) is 22.3 Å². The Kier molecular flexibility index (Phi) is 4.06. The van der Waals surface area contributed by atoms with Gasteiger partial charge in [-0.3, -0.25) is 10.1 Å². The van der Waals surface area contributed by atoms with E-state index in [1.54, 1.807) is 0 Å². The van der Waals surface area contributed by atoms with E-state index in [1.807, 2.05) is 0 Å². The third-order valence-electron chi connectivity index (χ3n) is 4.82. The Labute approximate surface area is 150 Å². The normalized spacial score (nSPS) is 20.2. The number of aliphatic carboxylic acids is 1. The number of fused-ring (bicyclic) bond motifs is 1. The van der Waals surface area contributed by atoms with E-state index in [-0.39, 0.29) is 10.6 Å². The minimum Gasteiger partial charge on any atom is -0.480 e. The Hall–Kier alpha value is -2.24. The highest BCUT2D eigenvalue weighted by atomic mass is 32.2. The summed E-state index contributed by atoms with van der Waals surface area (Å²) in [5.74, 6) is -0.747. The number of nitrogens with one attached hydrogen (secondary N) is 1. The molecule has 3 aromatic rings. The number of carboxylic acids is 1. The fourth-order valence-corrected chi connectivity index (χ4v) is 4.85. The van der Waals surface area contributed by atoms with Crippen molar-refractivity contribution in [2.45, 2.75) is 24.5 Å². The van der Waals surface area contributed by atoms with Gasteiger partial charge in [0, 0.05) is 28.9 Å². The third-order valence-corrected chi connectivity index (χ3v) is 6.21. The molecule has 25 heavy (non-hydrogen) atoms. The first-order valence-corrected chi connectivity index (χ1v) is 9.29. The second kappa shape index (κ2) is 6.24. The largest absolute Gasteiger partial charge is 0.480 e. The Morgan fingerprint density at radius 1 is 1.20 bits per heavy atom. The summed E-state index contributed by atoms with van der Waals surface area (Å²) >= 11 is 1.48. The minimum atomic E-state index is -0.747. The molecule has 0 aliphatic carbocycles. The third kappa shape index (κ3) is 2.73. The number of nitrogens with zero attached hydrogens (tertiary/aromatic N) is 1. The quantitative estimate of drug-likeness (QED) is 0.747. The van der Waals surface area contributed by atoms with Gasteiger partial charge in [0.25, 0.3) is 0 Å². The number of hydrogen-bond acceptors (Lipinski definition) is 3. The molecule has 4 rings (SSSR count). The van der Waals surface area contributed by atoms with Crippen LogP contribution in [0.5, 0.6) is 0 Å². The van der Waals surface area contributed by atoms with E-state index < -0.39 is 5.97 Å². The van der Waals surface area contributed by atoms with Crippen LogP contribution in [0, 0.1) is 13.8 Å². The number of aromatic nitrogens is 1. The number of hydrogen-bond donors (Lipinski definition) is 2. The molecule has 1 fully saturated rings. The van der Waals surface area contributed by atoms with Crippen LogP contribution in [-0.2, 0) is 4.79 Å². The summed E-state index contributed by atoms with van der Waals surface area (Å²) in [4.78, 5) is 11.2. The zero-order chi connectivity index (χ0) is 17.6. The van der Waals surface area contributed by atoms with E-state index in [2.05, 4.69) is 72.3 Å². The standard InChI is InChI=1S/C20H20N2O2S/c1-12-10-16(19-21-11-18(25-19)20(23)24)13(2)22(12)17-9-5-7-14-6-3-4-8-15(14)17/h3-10,18-19,21H,11H2,1-2H3,(H,23,24)/t18-,19+/m0/s1.